The number of aryl methyl sites for hydroxylation is 4. The third-order valence-corrected chi connectivity index (χ3v) is 11.2. The number of carbonyl (C=O) groups is 2. The molecular weight excluding hydrogens is 757 g/mol. The van der Waals surface area contributed by atoms with E-state index >= 15 is 0 Å². The van der Waals surface area contributed by atoms with Crippen molar-refractivity contribution in [3.05, 3.63) is 117 Å². The van der Waals surface area contributed by atoms with Crippen LogP contribution in [-0.2, 0) is 25.7 Å². The molecular formula is C50H56N2O8. The van der Waals surface area contributed by atoms with Crippen molar-refractivity contribution in [1.82, 2.24) is 10.6 Å². The van der Waals surface area contributed by atoms with Gasteiger partial charge in [-0.3, -0.25) is 9.59 Å². The fraction of sp³-hybridized carbons (Fsp3) is 0.320. The molecule has 0 saturated heterocycles. The van der Waals surface area contributed by atoms with Crippen LogP contribution in [0.3, 0.4) is 0 Å². The van der Waals surface area contributed by atoms with Gasteiger partial charge in [0.1, 0.15) is 11.5 Å². The Morgan fingerprint density at radius 3 is 1.08 bits per heavy atom. The van der Waals surface area contributed by atoms with Gasteiger partial charge in [0.25, 0.3) is 11.8 Å². The zero-order valence-electron chi connectivity index (χ0n) is 36.4. The van der Waals surface area contributed by atoms with E-state index < -0.39 is 0 Å². The maximum atomic E-state index is 14.2. The summed E-state index contributed by atoms with van der Waals surface area (Å²) in [5.74, 6) is 1.85. The van der Waals surface area contributed by atoms with Crippen molar-refractivity contribution in [3.8, 4) is 45.6 Å². The number of ether oxygens (including phenoxy) is 6. The normalized spacial score (nSPS) is 11.0. The van der Waals surface area contributed by atoms with Crippen molar-refractivity contribution in [1.29, 1.82) is 0 Å². The van der Waals surface area contributed by atoms with E-state index in [0.717, 1.165) is 46.2 Å². The summed E-state index contributed by atoms with van der Waals surface area (Å²) in [7, 11) is 9.36. The van der Waals surface area contributed by atoms with E-state index in [1.54, 1.807) is 28.4 Å². The minimum absolute atomic E-state index is 0.296. The highest BCUT2D eigenvalue weighted by atomic mass is 16.5. The number of methoxy groups -OCH3 is 6. The van der Waals surface area contributed by atoms with Gasteiger partial charge in [0.05, 0.1) is 53.8 Å². The molecule has 0 aliphatic rings. The van der Waals surface area contributed by atoms with Crippen molar-refractivity contribution in [2.24, 2.45) is 0 Å². The molecule has 0 aliphatic heterocycles. The standard InChI is InChI=1S/C50H56N2O8/c1-11-31-13-17-33(18-14-31)21-23-51-49(53)43-35-25-29(3)41(45(57-7)37(35)27-39(55-5)47(43)59-9)42-30(4)26-36-38(46(42)58-8)28-40(56-6)48(60-10)44(36)50(54)52-24-22-34-19-15-32(12-2)16-20-34/h13-20,25-28H,11-12,21-24H2,1-10H3,(H,51,53)(H,52,54). The minimum atomic E-state index is -0.296. The van der Waals surface area contributed by atoms with Crippen LogP contribution in [0.4, 0.5) is 0 Å². The number of hydrogen-bond acceptors (Lipinski definition) is 8. The lowest BCUT2D eigenvalue weighted by atomic mass is 9.87. The molecule has 0 bridgehead atoms. The van der Waals surface area contributed by atoms with Gasteiger partial charge in [0.2, 0.25) is 0 Å². The van der Waals surface area contributed by atoms with E-state index in [0.29, 0.717) is 93.1 Å². The summed E-state index contributed by atoms with van der Waals surface area (Å²) in [6, 6.07) is 24.5. The summed E-state index contributed by atoms with van der Waals surface area (Å²) in [5, 5.41) is 8.80. The molecule has 0 spiro atoms. The monoisotopic (exact) mass is 812 g/mol. The van der Waals surface area contributed by atoms with Crippen LogP contribution >= 0.6 is 0 Å². The summed E-state index contributed by atoms with van der Waals surface area (Å²) in [6.07, 6.45) is 3.27. The van der Waals surface area contributed by atoms with E-state index in [4.69, 9.17) is 28.4 Å². The zero-order chi connectivity index (χ0) is 43.1. The number of nitrogens with one attached hydrogen (secondary N) is 2. The minimum Gasteiger partial charge on any atom is -0.495 e. The second-order valence-corrected chi connectivity index (χ2v) is 14.7. The number of amides is 2. The fourth-order valence-corrected chi connectivity index (χ4v) is 8.10. The Bertz CT molecular complexity index is 2350. The van der Waals surface area contributed by atoms with Crippen molar-refractivity contribution < 1.29 is 38.0 Å². The van der Waals surface area contributed by atoms with E-state index in [2.05, 4.69) is 73.0 Å². The lowest BCUT2D eigenvalue weighted by Gasteiger charge is -2.24. The molecule has 0 aromatic heterocycles. The quantitative estimate of drug-likeness (QED) is 0.0937. The molecule has 0 heterocycles. The molecule has 0 unspecified atom stereocenters. The molecule has 0 fully saturated rings. The Balaban J connectivity index is 1.47. The highest BCUT2D eigenvalue weighted by Crippen LogP contribution is 2.52. The van der Waals surface area contributed by atoms with Gasteiger partial charge in [-0.2, -0.15) is 0 Å². The molecule has 6 rings (SSSR count). The second kappa shape index (κ2) is 19.1. The molecule has 6 aromatic rings. The van der Waals surface area contributed by atoms with Crippen LogP contribution in [0.25, 0.3) is 32.7 Å². The summed E-state index contributed by atoms with van der Waals surface area (Å²) >= 11 is 0. The van der Waals surface area contributed by atoms with Crippen molar-refractivity contribution >= 4 is 33.4 Å². The number of hydrogen-bond donors (Lipinski definition) is 2. The second-order valence-electron chi connectivity index (χ2n) is 14.7. The highest BCUT2D eigenvalue weighted by Gasteiger charge is 2.30. The van der Waals surface area contributed by atoms with Crippen molar-refractivity contribution in [2.45, 2.75) is 53.4 Å². The van der Waals surface area contributed by atoms with Crippen LogP contribution in [0.1, 0.15) is 67.9 Å². The number of rotatable bonds is 17. The van der Waals surface area contributed by atoms with Gasteiger partial charge in [-0.05, 0) is 97.2 Å². The molecule has 60 heavy (non-hydrogen) atoms. The smallest absolute Gasteiger partial charge is 0.255 e. The van der Waals surface area contributed by atoms with Crippen molar-refractivity contribution in [3.63, 3.8) is 0 Å². The summed E-state index contributed by atoms with van der Waals surface area (Å²) < 4.78 is 35.9. The Kier molecular flexibility index (Phi) is 13.7. The molecule has 10 nitrogen and oxygen atoms in total. The molecule has 0 saturated carbocycles. The largest absolute Gasteiger partial charge is 0.495 e. The summed E-state index contributed by atoms with van der Waals surface area (Å²) in [5.41, 5.74) is 8.64. The Hall–Kier alpha value is -6.42. The average molecular weight is 813 g/mol. The molecule has 0 atom stereocenters. The van der Waals surface area contributed by atoms with Crippen LogP contribution in [0.5, 0.6) is 34.5 Å². The van der Waals surface area contributed by atoms with Gasteiger partial charge < -0.3 is 39.1 Å². The highest BCUT2D eigenvalue weighted by molar-refractivity contribution is 6.16. The maximum absolute atomic E-state index is 14.2. The number of carbonyl (C=O) groups excluding carboxylic acids is 2. The van der Waals surface area contributed by atoms with Gasteiger partial charge in [-0.25, -0.2) is 0 Å². The van der Waals surface area contributed by atoms with Crippen LogP contribution < -0.4 is 39.1 Å². The molecule has 6 aromatic carbocycles. The number of fused-ring (bicyclic) bond motifs is 2. The van der Waals surface area contributed by atoms with Crippen LogP contribution in [-0.4, -0.2) is 67.6 Å². The first-order chi connectivity index (χ1) is 29.1. The molecule has 314 valence electrons. The lowest BCUT2D eigenvalue weighted by Crippen LogP contribution is -2.26. The van der Waals surface area contributed by atoms with Crippen LogP contribution in [0, 0.1) is 13.8 Å². The van der Waals surface area contributed by atoms with E-state index in [-0.39, 0.29) is 11.8 Å². The van der Waals surface area contributed by atoms with Gasteiger partial charge in [-0.1, -0.05) is 62.4 Å². The first-order valence-corrected chi connectivity index (χ1v) is 20.3. The average Bonchev–Trinajstić information content (AvgIpc) is 3.27. The summed E-state index contributed by atoms with van der Waals surface area (Å²) in [6.45, 7) is 9.06. The fourth-order valence-electron chi connectivity index (χ4n) is 8.10. The first kappa shape index (κ1) is 43.2. The third kappa shape index (κ3) is 8.37. The molecule has 2 amide bonds. The Morgan fingerprint density at radius 2 is 0.783 bits per heavy atom. The molecule has 10 heteroatoms. The zero-order valence-corrected chi connectivity index (χ0v) is 36.4. The molecule has 2 N–H and O–H groups in total. The lowest BCUT2D eigenvalue weighted by molar-refractivity contribution is 0.0943. The molecule has 0 aliphatic carbocycles. The van der Waals surface area contributed by atoms with E-state index in [1.165, 1.54) is 25.3 Å². The van der Waals surface area contributed by atoms with Crippen LogP contribution in [0.2, 0.25) is 0 Å². The SMILES string of the molecule is CCc1ccc(CCNC(=O)c2c(OC)c(OC)cc3c(OC)c(-c4c(C)cc5c(C(=O)NCCc6ccc(CC)cc6)c(OC)c(OC)cc5c4OC)c(C)cc23)cc1. The van der Waals surface area contributed by atoms with E-state index in [1.807, 2.05) is 38.1 Å². The van der Waals surface area contributed by atoms with Gasteiger partial charge in [0.15, 0.2) is 23.0 Å². The molecule has 0 radical (unpaired) electrons. The predicted molar refractivity (Wildman–Crippen MR) is 239 cm³/mol. The number of benzene rings is 6. The Morgan fingerprint density at radius 1 is 0.450 bits per heavy atom. The third-order valence-electron chi connectivity index (χ3n) is 11.2. The Labute approximate surface area is 353 Å². The van der Waals surface area contributed by atoms with Crippen molar-refractivity contribution in [2.75, 3.05) is 55.7 Å². The van der Waals surface area contributed by atoms with E-state index in [9.17, 15) is 9.59 Å². The maximum Gasteiger partial charge on any atom is 0.255 e. The summed E-state index contributed by atoms with van der Waals surface area (Å²) in [4.78, 5) is 28.3. The topological polar surface area (TPSA) is 114 Å². The van der Waals surface area contributed by atoms with Crippen LogP contribution in [0.15, 0.2) is 72.8 Å². The first-order valence-electron chi connectivity index (χ1n) is 20.3. The van der Waals surface area contributed by atoms with Gasteiger partial charge in [-0.15, -0.1) is 0 Å². The van der Waals surface area contributed by atoms with Gasteiger partial charge in [0, 0.05) is 45.8 Å². The van der Waals surface area contributed by atoms with Gasteiger partial charge >= 0.3 is 0 Å². The predicted octanol–water partition coefficient (Wildman–Crippen LogP) is 9.40.